The summed E-state index contributed by atoms with van der Waals surface area (Å²) in [5.74, 6) is 0.147. The molecule has 0 fully saturated rings. The molecular weight excluding hydrogens is 260 g/mol. The number of carbonyl (C=O) groups is 1. The van der Waals surface area contributed by atoms with Gasteiger partial charge < -0.3 is 0 Å². The van der Waals surface area contributed by atoms with Crippen molar-refractivity contribution in [1.82, 2.24) is 10.4 Å². The first-order valence-corrected chi connectivity index (χ1v) is 8.89. The minimum atomic E-state index is 0.147. The Morgan fingerprint density at radius 3 is 2.05 bits per heavy atom. The van der Waals surface area contributed by atoms with Crippen LogP contribution in [0.3, 0.4) is 0 Å². The summed E-state index contributed by atoms with van der Waals surface area (Å²) in [5.41, 5.74) is 2.97. The maximum atomic E-state index is 11.8. The number of hydrogen-bond acceptors (Lipinski definition) is 2. The second-order valence-electron chi connectivity index (χ2n) is 5.85. The highest BCUT2D eigenvalue weighted by atomic mass is 16.2. The van der Waals surface area contributed by atoms with E-state index in [-0.39, 0.29) is 5.91 Å². The van der Waals surface area contributed by atoms with Crippen molar-refractivity contribution in [3.63, 3.8) is 0 Å². The zero-order chi connectivity index (χ0) is 15.8. The number of rotatable bonds is 15. The molecule has 0 aliphatic rings. The smallest absolute Gasteiger partial charge is 0.234 e. The van der Waals surface area contributed by atoms with Gasteiger partial charge in [0, 0.05) is 19.5 Å². The van der Waals surface area contributed by atoms with Crippen LogP contribution in [0.25, 0.3) is 0 Å². The predicted molar refractivity (Wildman–Crippen MR) is 92.0 cm³/mol. The molecule has 0 bridgehead atoms. The van der Waals surface area contributed by atoms with Crippen LogP contribution in [-0.2, 0) is 4.79 Å². The van der Waals surface area contributed by atoms with E-state index in [1.54, 1.807) is 0 Å². The normalized spacial score (nSPS) is 10.8. The summed E-state index contributed by atoms with van der Waals surface area (Å²) in [6, 6.07) is 0. The maximum Gasteiger partial charge on any atom is 0.234 e. The minimum absolute atomic E-state index is 0.147. The molecule has 0 aromatic heterocycles. The van der Waals surface area contributed by atoms with Crippen LogP contribution >= 0.6 is 0 Å². The van der Waals surface area contributed by atoms with Gasteiger partial charge in [-0.2, -0.15) is 0 Å². The SMILES string of the molecule is C=CCN(CCC)NC(=O)CCCCCCCCCCC. The fourth-order valence-corrected chi connectivity index (χ4v) is 2.45. The fraction of sp³-hybridized carbons (Fsp3) is 0.833. The molecule has 0 radical (unpaired) electrons. The minimum Gasteiger partial charge on any atom is -0.289 e. The molecule has 0 heterocycles. The molecule has 3 heteroatoms. The third-order valence-electron chi connectivity index (χ3n) is 3.63. The van der Waals surface area contributed by atoms with Crippen molar-refractivity contribution in [1.29, 1.82) is 0 Å². The topological polar surface area (TPSA) is 32.3 Å². The van der Waals surface area contributed by atoms with E-state index in [0.717, 1.165) is 25.9 Å². The molecule has 0 unspecified atom stereocenters. The zero-order valence-electron chi connectivity index (χ0n) is 14.3. The molecule has 0 saturated carbocycles. The number of hydrogen-bond donors (Lipinski definition) is 1. The number of nitrogens with one attached hydrogen (secondary N) is 1. The van der Waals surface area contributed by atoms with Gasteiger partial charge in [-0.3, -0.25) is 10.2 Å². The molecule has 1 amide bonds. The Labute approximate surface area is 132 Å². The van der Waals surface area contributed by atoms with Gasteiger partial charge in [-0.25, -0.2) is 5.01 Å². The average molecular weight is 296 g/mol. The van der Waals surface area contributed by atoms with Crippen LogP contribution in [0.2, 0.25) is 0 Å². The molecule has 0 aliphatic heterocycles. The molecule has 0 saturated heterocycles. The Hall–Kier alpha value is -0.830. The summed E-state index contributed by atoms with van der Waals surface area (Å²) < 4.78 is 0. The number of nitrogens with zero attached hydrogens (tertiary/aromatic N) is 1. The van der Waals surface area contributed by atoms with E-state index >= 15 is 0 Å². The predicted octanol–water partition coefficient (Wildman–Crippen LogP) is 4.84. The van der Waals surface area contributed by atoms with Crippen molar-refractivity contribution < 1.29 is 4.79 Å². The van der Waals surface area contributed by atoms with Crippen molar-refractivity contribution >= 4 is 5.91 Å². The van der Waals surface area contributed by atoms with Crippen LogP contribution in [-0.4, -0.2) is 24.0 Å². The molecule has 0 spiro atoms. The molecule has 0 aromatic rings. The lowest BCUT2D eigenvalue weighted by atomic mass is 10.1. The highest BCUT2D eigenvalue weighted by molar-refractivity contribution is 5.75. The second-order valence-corrected chi connectivity index (χ2v) is 5.85. The van der Waals surface area contributed by atoms with E-state index in [0.29, 0.717) is 6.42 Å². The van der Waals surface area contributed by atoms with Crippen molar-refractivity contribution in [2.24, 2.45) is 0 Å². The maximum absolute atomic E-state index is 11.8. The zero-order valence-corrected chi connectivity index (χ0v) is 14.3. The average Bonchev–Trinajstić information content (AvgIpc) is 2.46. The summed E-state index contributed by atoms with van der Waals surface area (Å²) in [5, 5.41) is 1.95. The molecule has 3 nitrogen and oxygen atoms in total. The van der Waals surface area contributed by atoms with Gasteiger partial charge in [-0.1, -0.05) is 71.3 Å². The van der Waals surface area contributed by atoms with Crippen LogP contribution in [0.4, 0.5) is 0 Å². The lowest BCUT2D eigenvalue weighted by molar-refractivity contribution is -0.125. The molecule has 1 N–H and O–H groups in total. The molecule has 0 aliphatic carbocycles. The summed E-state index contributed by atoms with van der Waals surface area (Å²) in [7, 11) is 0. The third kappa shape index (κ3) is 13.9. The van der Waals surface area contributed by atoms with E-state index in [4.69, 9.17) is 0 Å². The number of hydrazine groups is 1. The molecule has 124 valence electrons. The van der Waals surface area contributed by atoms with Gasteiger partial charge in [0.2, 0.25) is 5.91 Å². The van der Waals surface area contributed by atoms with Crippen molar-refractivity contribution in [3.8, 4) is 0 Å². The molecular formula is C18H36N2O. The molecule has 0 rings (SSSR count). The van der Waals surface area contributed by atoms with Gasteiger partial charge in [0.05, 0.1) is 0 Å². The summed E-state index contributed by atoms with van der Waals surface area (Å²) in [6.07, 6.45) is 15.1. The van der Waals surface area contributed by atoms with Crippen LogP contribution < -0.4 is 5.43 Å². The number of unbranched alkanes of at least 4 members (excludes halogenated alkanes) is 8. The highest BCUT2D eigenvalue weighted by Crippen LogP contribution is 2.10. The van der Waals surface area contributed by atoms with E-state index in [9.17, 15) is 4.79 Å². The first-order valence-electron chi connectivity index (χ1n) is 8.89. The van der Waals surface area contributed by atoms with Crippen LogP contribution in [0.15, 0.2) is 12.7 Å². The standard InChI is InChI=1S/C18H36N2O/c1-4-7-8-9-10-11-12-13-14-15-18(21)19-20(16-5-2)17-6-3/h5H,2,4,6-17H2,1,3H3,(H,19,21). The first kappa shape index (κ1) is 20.2. The van der Waals surface area contributed by atoms with Gasteiger partial charge >= 0.3 is 0 Å². The van der Waals surface area contributed by atoms with Gasteiger partial charge in [0.1, 0.15) is 0 Å². The quantitative estimate of drug-likeness (QED) is 0.266. The summed E-state index contributed by atoms with van der Waals surface area (Å²) in [4.78, 5) is 11.8. The van der Waals surface area contributed by atoms with Gasteiger partial charge in [0.15, 0.2) is 0 Å². The van der Waals surface area contributed by atoms with E-state index in [1.807, 2.05) is 11.1 Å². The van der Waals surface area contributed by atoms with Crippen LogP contribution in [0.1, 0.15) is 84.5 Å². The van der Waals surface area contributed by atoms with Crippen molar-refractivity contribution in [3.05, 3.63) is 12.7 Å². The lowest BCUT2D eigenvalue weighted by Gasteiger charge is -2.20. The van der Waals surface area contributed by atoms with Crippen LogP contribution in [0.5, 0.6) is 0 Å². The third-order valence-corrected chi connectivity index (χ3v) is 3.63. The molecule has 0 aromatic carbocycles. The van der Waals surface area contributed by atoms with Crippen molar-refractivity contribution in [2.75, 3.05) is 13.1 Å². The van der Waals surface area contributed by atoms with Gasteiger partial charge in [-0.05, 0) is 12.8 Å². The van der Waals surface area contributed by atoms with Crippen LogP contribution in [0, 0.1) is 0 Å². The van der Waals surface area contributed by atoms with E-state index in [2.05, 4.69) is 25.9 Å². The Balaban J connectivity index is 3.45. The summed E-state index contributed by atoms with van der Waals surface area (Å²) in [6.45, 7) is 9.69. The molecule has 21 heavy (non-hydrogen) atoms. The molecule has 0 atom stereocenters. The monoisotopic (exact) mass is 296 g/mol. The first-order chi connectivity index (χ1) is 10.2. The van der Waals surface area contributed by atoms with E-state index < -0.39 is 0 Å². The Kier molecular flexibility index (Phi) is 14.9. The van der Waals surface area contributed by atoms with Gasteiger partial charge in [-0.15, -0.1) is 6.58 Å². The van der Waals surface area contributed by atoms with E-state index in [1.165, 1.54) is 51.4 Å². The lowest BCUT2D eigenvalue weighted by Crippen LogP contribution is -2.42. The second kappa shape index (κ2) is 15.6. The highest BCUT2D eigenvalue weighted by Gasteiger charge is 2.06. The summed E-state index contributed by atoms with van der Waals surface area (Å²) >= 11 is 0. The number of amides is 1. The Morgan fingerprint density at radius 1 is 0.952 bits per heavy atom. The largest absolute Gasteiger partial charge is 0.289 e. The Bertz CT molecular complexity index is 254. The van der Waals surface area contributed by atoms with Crippen molar-refractivity contribution in [2.45, 2.75) is 84.5 Å². The number of carbonyl (C=O) groups excluding carboxylic acids is 1. The fourth-order valence-electron chi connectivity index (χ4n) is 2.45. The van der Waals surface area contributed by atoms with Gasteiger partial charge in [0.25, 0.3) is 0 Å². The Morgan fingerprint density at radius 2 is 1.52 bits per heavy atom.